The molecule has 0 atom stereocenters. The smallest absolute Gasteiger partial charge is 0.282 e. The van der Waals surface area contributed by atoms with Crippen molar-refractivity contribution in [3.63, 3.8) is 0 Å². The van der Waals surface area contributed by atoms with Gasteiger partial charge in [-0.3, -0.25) is 4.79 Å². The molecule has 0 spiro atoms. The third kappa shape index (κ3) is 3.71. The number of phenolic OH excluding ortho intramolecular Hbond substituents is 1. The lowest BCUT2D eigenvalue weighted by atomic mass is 10.2. The molecule has 0 aliphatic heterocycles. The number of rotatable bonds is 4. The van der Waals surface area contributed by atoms with Crippen LogP contribution >= 0.6 is 23.2 Å². The first-order valence-electron chi connectivity index (χ1n) is 9.77. The lowest BCUT2D eigenvalue weighted by molar-refractivity contribution is 0.419. The molecule has 33 heavy (non-hydrogen) atoms. The summed E-state index contributed by atoms with van der Waals surface area (Å²) in [4.78, 5) is 18.0. The highest BCUT2D eigenvalue weighted by Crippen LogP contribution is 2.34. The largest absolute Gasteiger partial charge is 0.505 e. The molecule has 0 fully saturated rings. The Morgan fingerprint density at radius 2 is 1.82 bits per heavy atom. The summed E-state index contributed by atoms with van der Waals surface area (Å²) in [5.41, 5.74) is 1.20. The molecule has 0 unspecified atom stereocenters. The van der Waals surface area contributed by atoms with E-state index in [1.54, 1.807) is 43.5 Å². The Balaban J connectivity index is 1.74. The average Bonchev–Trinajstić information content (AvgIpc) is 3.26. The molecule has 0 saturated heterocycles. The Hall–Kier alpha value is -3.81. The number of ether oxygens (including phenoxy) is 1. The van der Waals surface area contributed by atoms with Crippen LogP contribution < -0.4 is 10.3 Å². The standard InChI is InChI=1S/C24H15Cl2N3O4/c1-32-19-7-4-8-20-15(19)11-21(33-20)23-28-18-6-3-2-5-14(18)24(31)29(23)27-12-13-9-16(25)22(30)17(26)10-13/h2-12,30H,1H3. The quantitative estimate of drug-likeness (QED) is 0.333. The maximum Gasteiger partial charge on any atom is 0.282 e. The molecule has 5 rings (SSSR count). The van der Waals surface area contributed by atoms with E-state index in [9.17, 15) is 9.90 Å². The van der Waals surface area contributed by atoms with Crippen molar-refractivity contribution in [1.82, 2.24) is 9.66 Å². The number of aromatic nitrogens is 2. The molecule has 2 heterocycles. The van der Waals surface area contributed by atoms with E-state index in [1.807, 2.05) is 12.1 Å². The number of hydrogen-bond donors (Lipinski definition) is 1. The Bertz CT molecular complexity index is 1600. The van der Waals surface area contributed by atoms with E-state index in [1.165, 1.54) is 18.3 Å². The summed E-state index contributed by atoms with van der Waals surface area (Å²) in [7, 11) is 1.57. The van der Waals surface area contributed by atoms with Gasteiger partial charge < -0.3 is 14.3 Å². The summed E-state index contributed by atoms with van der Waals surface area (Å²) in [5.74, 6) is 0.964. The minimum atomic E-state index is -0.379. The zero-order chi connectivity index (χ0) is 23.1. The molecular weight excluding hydrogens is 465 g/mol. The highest BCUT2D eigenvalue weighted by atomic mass is 35.5. The van der Waals surface area contributed by atoms with Crippen LogP contribution in [0, 0.1) is 0 Å². The topological polar surface area (TPSA) is 89.9 Å². The van der Waals surface area contributed by atoms with E-state index in [0.29, 0.717) is 33.6 Å². The van der Waals surface area contributed by atoms with Crippen molar-refractivity contribution < 1.29 is 14.3 Å². The molecule has 0 radical (unpaired) electrons. The van der Waals surface area contributed by atoms with Gasteiger partial charge in [0.2, 0.25) is 5.82 Å². The molecule has 7 nitrogen and oxygen atoms in total. The minimum Gasteiger partial charge on any atom is -0.505 e. The molecular formula is C24H15Cl2N3O4. The molecule has 0 aliphatic carbocycles. The first-order chi connectivity index (χ1) is 16.0. The van der Waals surface area contributed by atoms with Crippen LogP contribution in [0.1, 0.15) is 5.56 Å². The van der Waals surface area contributed by atoms with Gasteiger partial charge in [-0.2, -0.15) is 9.78 Å². The third-order valence-electron chi connectivity index (χ3n) is 5.08. The SMILES string of the molecule is COc1cccc2oc(-c3nc4ccccc4c(=O)n3N=Cc3cc(Cl)c(O)c(Cl)c3)cc12. The second kappa shape index (κ2) is 8.27. The van der Waals surface area contributed by atoms with Gasteiger partial charge in [0.05, 0.1) is 39.7 Å². The van der Waals surface area contributed by atoms with Crippen LogP contribution in [-0.2, 0) is 0 Å². The van der Waals surface area contributed by atoms with Crippen LogP contribution in [0.15, 0.2) is 75.0 Å². The van der Waals surface area contributed by atoms with Crippen LogP contribution in [0.25, 0.3) is 33.5 Å². The normalized spacial score (nSPS) is 11.6. The van der Waals surface area contributed by atoms with Crippen LogP contribution in [-0.4, -0.2) is 28.1 Å². The summed E-state index contributed by atoms with van der Waals surface area (Å²) in [5, 5.41) is 15.4. The van der Waals surface area contributed by atoms with Crippen molar-refractivity contribution in [2.75, 3.05) is 7.11 Å². The van der Waals surface area contributed by atoms with Crippen LogP contribution in [0.3, 0.4) is 0 Å². The van der Waals surface area contributed by atoms with Crippen molar-refractivity contribution in [2.45, 2.75) is 0 Å². The number of methoxy groups -OCH3 is 1. The summed E-state index contributed by atoms with van der Waals surface area (Å²) in [6.45, 7) is 0. The van der Waals surface area contributed by atoms with Crippen molar-refractivity contribution in [2.24, 2.45) is 5.10 Å². The number of furan rings is 1. The lowest BCUT2D eigenvalue weighted by Gasteiger charge is -2.07. The van der Waals surface area contributed by atoms with Crippen LogP contribution in [0.4, 0.5) is 0 Å². The molecule has 164 valence electrons. The Morgan fingerprint density at radius 3 is 2.58 bits per heavy atom. The first kappa shape index (κ1) is 21.1. The summed E-state index contributed by atoms with van der Waals surface area (Å²) in [6, 6.07) is 17.1. The van der Waals surface area contributed by atoms with Gasteiger partial charge in [-0.05, 0) is 48.0 Å². The fraction of sp³-hybridized carbons (Fsp3) is 0.0417. The molecule has 3 aromatic carbocycles. The Morgan fingerprint density at radius 1 is 1.06 bits per heavy atom. The van der Waals surface area contributed by atoms with Crippen molar-refractivity contribution in [3.8, 4) is 23.1 Å². The molecule has 5 aromatic rings. The predicted molar refractivity (Wildman–Crippen MR) is 129 cm³/mol. The highest BCUT2D eigenvalue weighted by molar-refractivity contribution is 6.37. The number of para-hydroxylation sites is 1. The van der Waals surface area contributed by atoms with Gasteiger partial charge in [0, 0.05) is 0 Å². The summed E-state index contributed by atoms with van der Waals surface area (Å²) in [6.07, 6.45) is 1.40. The number of phenols is 1. The Labute approximate surface area is 197 Å². The highest BCUT2D eigenvalue weighted by Gasteiger charge is 2.18. The molecule has 0 bridgehead atoms. The number of halogens is 2. The van der Waals surface area contributed by atoms with Gasteiger partial charge in [-0.25, -0.2) is 4.98 Å². The maximum absolute atomic E-state index is 13.3. The molecule has 0 amide bonds. The molecule has 2 aromatic heterocycles. The monoisotopic (exact) mass is 479 g/mol. The minimum absolute atomic E-state index is 0.0672. The number of hydrogen-bond acceptors (Lipinski definition) is 6. The fourth-order valence-electron chi connectivity index (χ4n) is 3.50. The van der Waals surface area contributed by atoms with E-state index in [0.717, 1.165) is 10.1 Å². The van der Waals surface area contributed by atoms with Gasteiger partial charge >= 0.3 is 0 Å². The van der Waals surface area contributed by atoms with Crippen molar-refractivity contribution in [3.05, 3.63) is 86.6 Å². The van der Waals surface area contributed by atoms with Gasteiger partial charge in [0.1, 0.15) is 11.3 Å². The maximum atomic E-state index is 13.3. The van der Waals surface area contributed by atoms with E-state index in [2.05, 4.69) is 10.1 Å². The third-order valence-corrected chi connectivity index (χ3v) is 5.65. The first-order valence-corrected chi connectivity index (χ1v) is 10.5. The van der Waals surface area contributed by atoms with Gasteiger partial charge in [0.15, 0.2) is 11.5 Å². The van der Waals surface area contributed by atoms with E-state index in [4.69, 9.17) is 32.4 Å². The van der Waals surface area contributed by atoms with E-state index < -0.39 is 0 Å². The summed E-state index contributed by atoms with van der Waals surface area (Å²) >= 11 is 12.0. The van der Waals surface area contributed by atoms with Crippen molar-refractivity contribution in [1.29, 1.82) is 0 Å². The fourth-order valence-corrected chi connectivity index (χ4v) is 4.00. The number of benzene rings is 3. The van der Waals surface area contributed by atoms with Crippen LogP contribution in [0.5, 0.6) is 11.5 Å². The zero-order valence-electron chi connectivity index (χ0n) is 17.1. The van der Waals surface area contributed by atoms with Crippen LogP contribution in [0.2, 0.25) is 10.0 Å². The summed E-state index contributed by atoms with van der Waals surface area (Å²) < 4.78 is 12.6. The molecule has 0 saturated carbocycles. The average molecular weight is 480 g/mol. The van der Waals surface area contributed by atoms with E-state index >= 15 is 0 Å². The van der Waals surface area contributed by atoms with Gasteiger partial charge in [-0.1, -0.05) is 41.4 Å². The number of nitrogens with zero attached hydrogens (tertiary/aromatic N) is 3. The molecule has 9 heteroatoms. The number of fused-ring (bicyclic) bond motifs is 2. The van der Waals surface area contributed by atoms with Gasteiger partial charge in [0.25, 0.3) is 5.56 Å². The molecule has 1 N–H and O–H groups in total. The lowest BCUT2D eigenvalue weighted by Crippen LogP contribution is -2.20. The van der Waals surface area contributed by atoms with Crippen molar-refractivity contribution >= 4 is 51.3 Å². The molecule has 0 aliphatic rings. The van der Waals surface area contributed by atoms with Gasteiger partial charge in [-0.15, -0.1) is 0 Å². The predicted octanol–water partition coefficient (Wildman–Crippen LogP) is 5.71. The Kier molecular flexibility index (Phi) is 5.28. The number of aromatic hydroxyl groups is 1. The second-order valence-electron chi connectivity index (χ2n) is 7.13. The zero-order valence-corrected chi connectivity index (χ0v) is 18.6. The second-order valence-corrected chi connectivity index (χ2v) is 7.94. The van der Waals surface area contributed by atoms with E-state index in [-0.39, 0.29) is 27.2 Å².